The van der Waals surface area contributed by atoms with Gasteiger partial charge in [0, 0.05) is 48.7 Å². The Balaban J connectivity index is 1.56. The maximum atomic E-state index is 12.7. The van der Waals surface area contributed by atoms with Crippen molar-refractivity contribution in [3.05, 3.63) is 52.5 Å². The van der Waals surface area contributed by atoms with Gasteiger partial charge >= 0.3 is 0 Å². The predicted octanol–water partition coefficient (Wildman–Crippen LogP) is 2.70. The number of pyridine rings is 1. The Labute approximate surface area is 155 Å². The second-order valence-electron chi connectivity index (χ2n) is 6.11. The van der Waals surface area contributed by atoms with Gasteiger partial charge in [-0.15, -0.1) is 0 Å². The van der Waals surface area contributed by atoms with Gasteiger partial charge in [-0.05, 0) is 53.9 Å². The minimum Gasteiger partial charge on any atom is -0.349 e. The molecule has 1 fully saturated rings. The normalized spacial score (nSPS) is 15.2. The molecule has 1 aliphatic rings. The molecule has 7 heteroatoms. The van der Waals surface area contributed by atoms with Crippen LogP contribution >= 0.6 is 15.9 Å². The van der Waals surface area contributed by atoms with Crippen LogP contribution < -0.4 is 5.32 Å². The summed E-state index contributed by atoms with van der Waals surface area (Å²) >= 11 is 3.43. The van der Waals surface area contributed by atoms with Crippen molar-refractivity contribution in [1.82, 2.24) is 19.8 Å². The van der Waals surface area contributed by atoms with Crippen LogP contribution in [0.15, 0.2) is 41.3 Å². The van der Waals surface area contributed by atoms with Gasteiger partial charge in [-0.2, -0.15) is 0 Å². The highest BCUT2D eigenvalue weighted by Crippen LogP contribution is 2.19. The van der Waals surface area contributed by atoms with Crippen LogP contribution in [0.2, 0.25) is 0 Å². The Morgan fingerprint density at radius 3 is 2.76 bits per heavy atom. The van der Waals surface area contributed by atoms with Gasteiger partial charge < -0.3 is 14.8 Å². The van der Waals surface area contributed by atoms with Crippen molar-refractivity contribution in [3.63, 3.8) is 0 Å². The van der Waals surface area contributed by atoms with Crippen molar-refractivity contribution in [3.8, 4) is 0 Å². The monoisotopic (exact) mass is 404 g/mol. The van der Waals surface area contributed by atoms with Crippen LogP contribution in [-0.4, -0.2) is 45.4 Å². The van der Waals surface area contributed by atoms with Gasteiger partial charge in [-0.1, -0.05) is 0 Å². The largest absolute Gasteiger partial charge is 0.349 e. The van der Waals surface area contributed by atoms with E-state index in [1.54, 1.807) is 24.5 Å². The van der Waals surface area contributed by atoms with Gasteiger partial charge in [0.2, 0.25) is 0 Å². The molecule has 0 aromatic carbocycles. The Bertz CT molecular complexity index is 752. The van der Waals surface area contributed by atoms with Crippen LogP contribution in [0.1, 0.15) is 40.6 Å². The fraction of sp³-hybridized carbons (Fsp3) is 0.389. The fourth-order valence-corrected chi connectivity index (χ4v) is 3.53. The topological polar surface area (TPSA) is 67.2 Å². The number of aryl methyl sites for hydroxylation is 1. The minimum atomic E-state index is -0.110. The van der Waals surface area contributed by atoms with Gasteiger partial charge in [0.1, 0.15) is 5.69 Å². The minimum absolute atomic E-state index is 0.0459. The molecule has 1 aliphatic heterocycles. The molecule has 0 saturated carbocycles. The third kappa shape index (κ3) is 4.10. The number of carbonyl (C=O) groups excluding carboxylic acids is 2. The van der Waals surface area contributed by atoms with E-state index in [0.717, 1.165) is 23.9 Å². The van der Waals surface area contributed by atoms with E-state index in [1.807, 2.05) is 28.7 Å². The van der Waals surface area contributed by atoms with Gasteiger partial charge in [0.15, 0.2) is 0 Å². The number of aromatic nitrogens is 2. The van der Waals surface area contributed by atoms with Crippen LogP contribution in [-0.2, 0) is 6.54 Å². The van der Waals surface area contributed by atoms with Gasteiger partial charge in [0.25, 0.3) is 11.8 Å². The third-order valence-corrected chi connectivity index (χ3v) is 4.90. The lowest BCUT2D eigenvalue weighted by atomic mass is 10.0. The van der Waals surface area contributed by atoms with E-state index >= 15 is 0 Å². The highest BCUT2D eigenvalue weighted by Gasteiger charge is 2.26. The fourth-order valence-electron chi connectivity index (χ4n) is 3.07. The van der Waals surface area contributed by atoms with Crippen molar-refractivity contribution in [2.24, 2.45) is 0 Å². The first-order valence-electron chi connectivity index (χ1n) is 8.44. The smallest absolute Gasteiger partial charge is 0.270 e. The molecule has 0 unspecified atom stereocenters. The number of carbonyl (C=O) groups is 2. The standard InChI is InChI=1S/C18H21BrN4O2/c1-2-22-12-14(19)10-16(22)18(25)23-8-5-15(6-9-23)21-17(24)13-4-3-7-20-11-13/h3-4,7,10-12,15H,2,5-6,8-9H2,1H3,(H,21,24). The zero-order valence-corrected chi connectivity index (χ0v) is 15.7. The Morgan fingerprint density at radius 2 is 2.12 bits per heavy atom. The molecule has 2 aromatic heterocycles. The molecular weight excluding hydrogens is 384 g/mol. The second kappa shape index (κ2) is 7.82. The zero-order chi connectivity index (χ0) is 17.8. The number of nitrogens with zero attached hydrogens (tertiary/aromatic N) is 3. The van der Waals surface area contributed by atoms with Gasteiger partial charge in [-0.3, -0.25) is 14.6 Å². The van der Waals surface area contributed by atoms with E-state index in [0.29, 0.717) is 24.3 Å². The molecule has 25 heavy (non-hydrogen) atoms. The average Bonchev–Trinajstić information content (AvgIpc) is 3.03. The van der Waals surface area contributed by atoms with Crippen LogP contribution in [0.5, 0.6) is 0 Å². The van der Waals surface area contributed by atoms with Crippen molar-refractivity contribution >= 4 is 27.7 Å². The quantitative estimate of drug-likeness (QED) is 0.851. The summed E-state index contributed by atoms with van der Waals surface area (Å²) in [6, 6.07) is 5.44. The summed E-state index contributed by atoms with van der Waals surface area (Å²) in [6.45, 7) is 4.06. The Hall–Kier alpha value is -2.15. The summed E-state index contributed by atoms with van der Waals surface area (Å²) in [5, 5.41) is 3.03. The molecule has 1 N–H and O–H groups in total. The Morgan fingerprint density at radius 1 is 1.36 bits per heavy atom. The number of rotatable bonds is 4. The molecule has 0 spiro atoms. The first-order chi connectivity index (χ1) is 12.1. The molecule has 3 rings (SSSR count). The zero-order valence-electron chi connectivity index (χ0n) is 14.1. The molecule has 1 saturated heterocycles. The summed E-state index contributed by atoms with van der Waals surface area (Å²) in [4.78, 5) is 30.8. The molecular formula is C18H21BrN4O2. The lowest BCUT2D eigenvalue weighted by Crippen LogP contribution is -2.46. The Kier molecular flexibility index (Phi) is 5.53. The molecule has 0 bridgehead atoms. The summed E-state index contributed by atoms with van der Waals surface area (Å²) in [7, 11) is 0. The number of likely N-dealkylation sites (tertiary alicyclic amines) is 1. The molecule has 0 aliphatic carbocycles. The number of piperidine rings is 1. The highest BCUT2D eigenvalue weighted by molar-refractivity contribution is 9.10. The molecule has 0 atom stereocenters. The second-order valence-corrected chi connectivity index (χ2v) is 7.03. The highest BCUT2D eigenvalue weighted by atomic mass is 79.9. The predicted molar refractivity (Wildman–Crippen MR) is 98.4 cm³/mol. The number of nitrogens with one attached hydrogen (secondary N) is 1. The molecule has 0 radical (unpaired) electrons. The van der Waals surface area contributed by atoms with Crippen LogP contribution in [0, 0.1) is 0 Å². The van der Waals surface area contributed by atoms with E-state index in [9.17, 15) is 9.59 Å². The number of amides is 2. The van der Waals surface area contributed by atoms with Crippen LogP contribution in [0.25, 0.3) is 0 Å². The maximum absolute atomic E-state index is 12.7. The lowest BCUT2D eigenvalue weighted by molar-refractivity contribution is 0.0688. The van der Waals surface area contributed by atoms with E-state index < -0.39 is 0 Å². The van der Waals surface area contributed by atoms with Crippen LogP contribution in [0.3, 0.4) is 0 Å². The molecule has 6 nitrogen and oxygen atoms in total. The average molecular weight is 405 g/mol. The van der Waals surface area contributed by atoms with E-state index in [2.05, 4.69) is 26.2 Å². The maximum Gasteiger partial charge on any atom is 0.270 e. The summed E-state index contributed by atoms with van der Waals surface area (Å²) in [6.07, 6.45) is 6.64. The molecule has 2 aromatic rings. The molecule has 2 amide bonds. The number of hydrogen-bond donors (Lipinski definition) is 1. The van der Waals surface area contributed by atoms with Crippen molar-refractivity contribution in [2.75, 3.05) is 13.1 Å². The number of hydrogen-bond acceptors (Lipinski definition) is 3. The van der Waals surface area contributed by atoms with E-state index in [-0.39, 0.29) is 17.9 Å². The molecule has 132 valence electrons. The summed E-state index contributed by atoms with van der Waals surface area (Å²) in [5.41, 5.74) is 1.26. The van der Waals surface area contributed by atoms with Crippen LogP contribution in [0.4, 0.5) is 0 Å². The van der Waals surface area contributed by atoms with Crippen molar-refractivity contribution in [1.29, 1.82) is 0 Å². The first kappa shape index (κ1) is 17.7. The van der Waals surface area contributed by atoms with Gasteiger partial charge in [-0.25, -0.2) is 0 Å². The van der Waals surface area contributed by atoms with Crippen molar-refractivity contribution in [2.45, 2.75) is 32.4 Å². The summed E-state index contributed by atoms with van der Waals surface area (Å²) < 4.78 is 2.86. The first-order valence-corrected chi connectivity index (χ1v) is 9.23. The van der Waals surface area contributed by atoms with E-state index in [4.69, 9.17) is 0 Å². The van der Waals surface area contributed by atoms with Crippen molar-refractivity contribution < 1.29 is 9.59 Å². The van der Waals surface area contributed by atoms with E-state index in [1.165, 1.54) is 0 Å². The van der Waals surface area contributed by atoms with Gasteiger partial charge in [0.05, 0.1) is 5.56 Å². The number of halogens is 1. The lowest BCUT2D eigenvalue weighted by Gasteiger charge is -2.32. The molecule has 3 heterocycles. The third-order valence-electron chi connectivity index (χ3n) is 4.46. The SMILES string of the molecule is CCn1cc(Br)cc1C(=O)N1CCC(NC(=O)c2cccnc2)CC1. The summed E-state index contributed by atoms with van der Waals surface area (Å²) in [5.74, 6) is -0.0637.